The topological polar surface area (TPSA) is 116 Å². The van der Waals surface area contributed by atoms with E-state index in [1.807, 2.05) is 11.5 Å². The van der Waals surface area contributed by atoms with Crippen molar-refractivity contribution in [2.45, 2.75) is 32.2 Å². The van der Waals surface area contributed by atoms with Gasteiger partial charge in [-0.3, -0.25) is 9.59 Å². The van der Waals surface area contributed by atoms with Crippen molar-refractivity contribution in [3.8, 4) is 5.75 Å². The second-order valence-corrected chi connectivity index (χ2v) is 10.6. The summed E-state index contributed by atoms with van der Waals surface area (Å²) in [4.78, 5) is 39.4. The van der Waals surface area contributed by atoms with Crippen molar-refractivity contribution in [2.75, 3.05) is 32.3 Å². The van der Waals surface area contributed by atoms with Crippen LogP contribution in [0.5, 0.6) is 5.75 Å². The van der Waals surface area contributed by atoms with Crippen LogP contribution in [0.1, 0.15) is 38.3 Å². The Hall–Kier alpha value is -2.80. The van der Waals surface area contributed by atoms with E-state index in [9.17, 15) is 14.4 Å². The highest BCUT2D eigenvalue weighted by Gasteiger charge is 2.27. The summed E-state index contributed by atoms with van der Waals surface area (Å²) in [5, 5.41) is 12.8. The number of hydrogen-bond donors (Lipinski definition) is 1. The third-order valence-electron chi connectivity index (χ3n) is 5.08. The lowest BCUT2D eigenvalue weighted by atomic mass is 10.1. The van der Waals surface area contributed by atoms with Gasteiger partial charge in [-0.1, -0.05) is 35.0 Å². The molecule has 0 unspecified atom stereocenters. The maximum Gasteiger partial charge on any atom is 0.341 e. The van der Waals surface area contributed by atoms with Gasteiger partial charge in [-0.15, -0.1) is 21.5 Å². The summed E-state index contributed by atoms with van der Waals surface area (Å²) in [6.07, 6.45) is 0. The number of amides is 2. The van der Waals surface area contributed by atoms with Crippen molar-refractivity contribution in [3.05, 3.63) is 50.1 Å². The number of aromatic nitrogens is 3. The third-order valence-corrected chi connectivity index (χ3v) is 7.79. The number of carbonyl (C=O) groups excluding carboxylic acids is 3. The molecule has 3 rings (SSSR count). The highest BCUT2D eigenvalue weighted by atomic mass is 35.5. The summed E-state index contributed by atoms with van der Waals surface area (Å²) in [6.45, 7) is 4.22. The SMILES string of the molecule is CCn1c(COc2cc(Cl)ccc2Cl)nnc1SCC(=O)Nc1sc(C(=O)N(C)C)c(C)c1C(=O)OC. The van der Waals surface area contributed by atoms with Crippen molar-refractivity contribution >= 4 is 69.1 Å². The number of thioether (sulfide) groups is 1. The average molecular weight is 587 g/mol. The zero-order valence-corrected chi connectivity index (χ0v) is 23.9. The minimum atomic E-state index is -0.635. The molecule has 0 atom stereocenters. The van der Waals surface area contributed by atoms with Gasteiger partial charge in [0.1, 0.15) is 17.4 Å². The zero-order valence-electron chi connectivity index (χ0n) is 20.8. The second kappa shape index (κ2) is 12.6. The Morgan fingerprint density at radius 3 is 2.59 bits per heavy atom. The molecule has 14 heteroatoms. The van der Waals surface area contributed by atoms with E-state index in [0.29, 0.717) is 43.8 Å². The molecule has 198 valence electrons. The van der Waals surface area contributed by atoms with Gasteiger partial charge in [-0.2, -0.15) is 0 Å². The Balaban J connectivity index is 1.70. The number of nitrogens with one attached hydrogen (secondary N) is 1. The van der Waals surface area contributed by atoms with Crippen LogP contribution >= 0.6 is 46.3 Å². The molecule has 0 fully saturated rings. The monoisotopic (exact) mass is 585 g/mol. The van der Waals surface area contributed by atoms with Crippen LogP contribution in [0.3, 0.4) is 0 Å². The first-order chi connectivity index (χ1) is 17.6. The van der Waals surface area contributed by atoms with Crippen LogP contribution in [-0.4, -0.2) is 64.4 Å². The molecule has 10 nitrogen and oxygen atoms in total. The summed E-state index contributed by atoms with van der Waals surface area (Å²) >= 11 is 14.4. The third kappa shape index (κ3) is 6.75. The smallest absolute Gasteiger partial charge is 0.341 e. The minimum Gasteiger partial charge on any atom is -0.484 e. The fraction of sp³-hybridized carbons (Fsp3) is 0.348. The highest BCUT2D eigenvalue weighted by molar-refractivity contribution is 7.99. The van der Waals surface area contributed by atoms with Crippen LogP contribution in [0.25, 0.3) is 0 Å². The summed E-state index contributed by atoms with van der Waals surface area (Å²) in [5.41, 5.74) is 0.612. The number of methoxy groups -OCH3 is 1. The number of halogens is 2. The van der Waals surface area contributed by atoms with Crippen molar-refractivity contribution in [2.24, 2.45) is 0 Å². The van der Waals surface area contributed by atoms with Crippen LogP contribution in [0.2, 0.25) is 10.0 Å². The van der Waals surface area contributed by atoms with Crippen LogP contribution in [0, 0.1) is 6.92 Å². The largest absolute Gasteiger partial charge is 0.484 e. The van der Waals surface area contributed by atoms with Crippen molar-refractivity contribution in [3.63, 3.8) is 0 Å². The molecule has 37 heavy (non-hydrogen) atoms. The van der Waals surface area contributed by atoms with Crippen molar-refractivity contribution in [1.29, 1.82) is 0 Å². The summed E-state index contributed by atoms with van der Waals surface area (Å²) in [7, 11) is 4.47. The van der Waals surface area contributed by atoms with Gasteiger partial charge in [-0.25, -0.2) is 4.79 Å². The second-order valence-electron chi connectivity index (χ2n) is 7.79. The number of rotatable bonds is 10. The molecule has 2 aromatic heterocycles. The molecule has 0 radical (unpaired) electrons. The van der Waals surface area contributed by atoms with Gasteiger partial charge in [-0.05, 0) is 31.5 Å². The quantitative estimate of drug-likeness (QED) is 0.267. The molecule has 0 aliphatic rings. The van der Waals surface area contributed by atoms with E-state index in [1.165, 1.54) is 23.8 Å². The van der Waals surface area contributed by atoms with Gasteiger partial charge in [0, 0.05) is 31.7 Å². The summed E-state index contributed by atoms with van der Waals surface area (Å²) < 4.78 is 12.4. The first kappa shape index (κ1) is 28.8. The molecule has 2 amide bonds. The van der Waals surface area contributed by atoms with Crippen LogP contribution in [0.4, 0.5) is 5.00 Å². The van der Waals surface area contributed by atoms with Gasteiger partial charge in [0.05, 0.1) is 28.3 Å². The van der Waals surface area contributed by atoms with E-state index in [0.717, 1.165) is 11.3 Å². The molecule has 0 aliphatic heterocycles. The fourth-order valence-corrected chi connectivity index (χ4v) is 5.62. The van der Waals surface area contributed by atoms with Gasteiger partial charge in [0.2, 0.25) is 5.91 Å². The molecular formula is C23H25Cl2N5O5S2. The fourth-order valence-electron chi connectivity index (χ4n) is 3.23. The Morgan fingerprint density at radius 1 is 1.22 bits per heavy atom. The van der Waals surface area contributed by atoms with E-state index in [1.54, 1.807) is 39.2 Å². The number of thiophene rings is 1. The lowest BCUT2D eigenvalue weighted by Crippen LogP contribution is -2.21. The van der Waals surface area contributed by atoms with E-state index in [-0.39, 0.29) is 34.7 Å². The Bertz CT molecular complexity index is 1330. The van der Waals surface area contributed by atoms with Crippen LogP contribution < -0.4 is 10.1 Å². The molecule has 0 aliphatic carbocycles. The maximum atomic E-state index is 12.8. The first-order valence-corrected chi connectivity index (χ1v) is 13.5. The van der Waals surface area contributed by atoms with Gasteiger partial charge >= 0.3 is 5.97 Å². The molecule has 2 heterocycles. The van der Waals surface area contributed by atoms with Crippen molar-refractivity contribution in [1.82, 2.24) is 19.7 Å². The van der Waals surface area contributed by atoms with E-state index < -0.39 is 5.97 Å². The molecule has 1 aromatic carbocycles. The number of nitrogens with zero attached hydrogens (tertiary/aromatic N) is 4. The first-order valence-electron chi connectivity index (χ1n) is 10.9. The highest BCUT2D eigenvalue weighted by Crippen LogP contribution is 2.34. The van der Waals surface area contributed by atoms with Gasteiger partial charge in [0.25, 0.3) is 5.91 Å². The molecule has 0 bridgehead atoms. The molecule has 3 aromatic rings. The van der Waals surface area contributed by atoms with Gasteiger partial charge < -0.3 is 24.3 Å². The number of ether oxygens (including phenoxy) is 2. The zero-order chi connectivity index (χ0) is 27.3. The van der Waals surface area contributed by atoms with Crippen LogP contribution in [0.15, 0.2) is 23.4 Å². The molecule has 1 N–H and O–H groups in total. The van der Waals surface area contributed by atoms with E-state index >= 15 is 0 Å². The van der Waals surface area contributed by atoms with Gasteiger partial charge in [0.15, 0.2) is 11.0 Å². The Morgan fingerprint density at radius 2 is 1.95 bits per heavy atom. The molecule has 0 spiro atoms. The molecule has 0 saturated carbocycles. The molecule has 0 saturated heterocycles. The number of anilines is 1. The van der Waals surface area contributed by atoms with E-state index in [2.05, 4.69) is 15.5 Å². The van der Waals surface area contributed by atoms with Crippen LogP contribution in [-0.2, 0) is 22.7 Å². The number of carbonyl (C=O) groups is 3. The minimum absolute atomic E-state index is 0.00632. The lowest BCUT2D eigenvalue weighted by molar-refractivity contribution is -0.113. The predicted molar refractivity (Wildman–Crippen MR) is 144 cm³/mol. The standard InChI is InChI=1S/C23H25Cl2N5O5S2/c1-6-30-16(10-35-15-9-13(24)7-8-14(15)25)27-28-23(30)36-11-17(31)26-20-18(22(33)34-5)12(2)19(37-20)21(32)29(3)4/h7-9H,6,10-11H2,1-5H3,(H,26,31). The lowest BCUT2D eigenvalue weighted by Gasteiger charge is -2.10. The Labute approximate surface area is 232 Å². The van der Waals surface area contributed by atoms with E-state index in [4.69, 9.17) is 32.7 Å². The number of hydrogen-bond acceptors (Lipinski definition) is 9. The predicted octanol–water partition coefficient (Wildman–Crippen LogP) is 4.77. The normalized spacial score (nSPS) is 10.8. The Kier molecular flexibility index (Phi) is 9.82. The molecular weight excluding hydrogens is 561 g/mol. The number of benzene rings is 1. The summed E-state index contributed by atoms with van der Waals surface area (Å²) in [6, 6.07) is 4.92. The van der Waals surface area contributed by atoms with Crippen molar-refractivity contribution < 1.29 is 23.9 Å². The average Bonchev–Trinajstić information content (AvgIpc) is 3.41. The maximum absolute atomic E-state index is 12.8. The summed E-state index contributed by atoms with van der Waals surface area (Å²) in [5.74, 6) is -0.317. The number of esters is 1.